The number of carbonyl (C=O) groups is 1. The molecule has 1 fully saturated rings. The average molecular weight is 235 g/mol. The minimum Gasteiger partial charge on any atom is -0.466 e. The van der Waals surface area contributed by atoms with Gasteiger partial charge >= 0.3 is 5.97 Å². The molecule has 16 heavy (non-hydrogen) atoms. The van der Waals surface area contributed by atoms with E-state index in [1.807, 2.05) is 0 Å². The molecule has 0 amide bonds. The van der Waals surface area contributed by atoms with Crippen molar-refractivity contribution in [1.29, 1.82) is 0 Å². The summed E-state index contributed by atoms with van der Waals surface area (Å²) in [6, 6.07) is 0. The number of nitrogens with two attached hydrogens (primary N) is 1. The second-order valence-corrected chi connectivity index (χ2v) is 3.87. The predicted octanol–water partition coefficient (Wildman–Crippen LogP) is -1.24. The van der Waals surface area contributed by atoms with Gasteiger partial charge in [0.2, 0.25) is 0 Å². The highest BCUT2D eigenvalue weighted by Gasteiger charge is 2.20. The summed E-state index contributed by atoms with van der Waals surface area (Å²) >= 11 is 0. The molecule has 0 saturated carbocycles. The highest BCUT2D eigenvalue weighted by Crippen LogP contribution is 2.06. The van der Waals surface area contributed by atoms with Crippen LogP contribution in [0.2, 0.25) is 0 Å². The fourth-order valence-corrected chi connectivity index (χ4v) is 0.956. The zero-order chi connectivity index (χ0) is 12.4. The average Bonchev–Trinajstić information content (AvgIpc) is 2.57. The Bertz CT molecular complexity index is 175. The molecule has 0 aromatic heterocycles. The predicted molar refractivity (Wildman–Crippen MR) is 57.6 cm³/mol. The third-order valence-electron chi connectivity index (χ3n) is 2.23. The first-order chi connectivity index (χ1) is 7.58. The Morgan fingerprint density at radius 2 is 1.69 bits per heavy atom. The zero-order valence-corrected chi connectivity index (χ0v) is 9.39. The summed E-state index contributed by atoms with van der Waals surface area (Å²) in [5.74, 6) is -0.0255. The van der Waals surface area contributed by atoms with E-state index in [1.54, 1.807) is 0 Å². The molecule has 1 heterocycles. The number of aliphatic hydroxyl groups is 3. The first-order valence-electron chi connectivity index (χ1n) is 5.35. The van der Waals surface area contributed by atoms with Crippen molar-refractivity contribution in [3.05, 3.63) is 0 Å². The van der Waals surface area contributed by atoms with Crippen LogP contribution in [0.3, 0.4) is 0 Å². The molecular weight excluding hydrogens is 214 g/mol. The Morgan fingerprint density at radius 1 is 1.12 bits per heavy atom. The van der Waals surface area contributed by atoms with Gasteiger partial charge in [0.05, 0.1) is 32.0 Å². The number of ether oxygens (including phenoxy) is 1. The van der Waals surface area contributed by atoms with Gasteiger partial charge in [-0.3, -0.25) is 4.79 Å². The van der Waals surface area contributed by atoms with Crippen molar-refractivity contribution in [2.45, 2.75) is 31.2 Å². The van der Waals surface area contributed by atoms with E-state index in [0.29, 0.717) is 13.0 Å². The molecule has 6 heteroatoms. The molecule has 0 bridgehead atoms. The number of aliphatic hydroxyl groups excluding tert-OH is 3. The molecule has 0 spiro atoms. The SMILES string of the molecule is NC(CO)(CO)CO.O=C1CCCCCO1. The van der Waals surface area contributed by atoms with E-state index in [9.17, 15) is 4.79 Å². The van der Waals surface area contributed by atoms with Gasteiger partial charge in [0, 0.05) is 6.42 Å². The molecule has 0 unspecified atom stereocenters. The van der Waals surface area contributed by atoms with Crippen LogP contribution >= 0.6 is 0 Å². The van der Waals surface area contributed by atoms with Crippen molar-refractivity contribution in [2.75, 3.05) is 26.4 Å². The summed E-state index contributed by atoms with van der Waals surface area (Å²) in [6.45, 7) is -0.571. The lowest BCUT2D eigenvalue weighted by Gasteiger charge is -2.20. The first-order valence-corrected chi connectivity index (χ1v) is 5.35. The van der Waals surface area contributed by atoms with Gasteiger partial charge in [0.25, 0.3) is 0 Å². The molecule has 0 aromatic carbocycles. The van der Waals surface area contributed by atoms with Gasteiger partial charge in [-0.25, -0.2) is 0 Å². The number of esters is 1. The summed E-state index contributed by atoms with van der Waals surface area (Å²) in [5, 5.41) is 25.0. The summed E-state index contributed by atoms with van der Waals surface area (Å²) in [4.78, 5) is 10.5. The van der Waals surface area contributed by atoms with Gasteiger partial charge in [-0.05, 0) is 19.3 Å². The second kappa shape index (κ2) is 8.46. The molecule has 1 aliphatic rings. The molecule has 1 rings (SSSR count). The van der Waals surface area contributed by atoms with Gasteiger partial charge in [-0.15, -0.1) is 0 Å². The monoisotopic (exact) mass is 235 g/mol. The summed E-state index contributed by atoms with van der Waals surface area (Å²) < 4.78 is 4.76. The Labute approximate surface area is 95.0 Å². The highest BCUT2D eigenvalue weighted by atomic mass is 16.5. The van der Waals surface area contributed by atoms with E-state index in [1.165, 1.54) is 0 Å². The zero-order valence-electron chi connectivity index (χ0n) is 9.39. The number of hydrogen-bond donors (Lipinski definition) is 4. The molecule has 0 aromatic rings. The standard InChI is InChI=1S/C6H10O2.C4H11NO3/c7-6-4-2-1-3-5-8-6;5-4(1-6,2-7)3-8/h1-5H2;6-8H,1-3,5H2. The maximum absolute atomic E-state index is 10.5. The van der Waals surface area contributed by atoms with Crippen LogP contribution in [0.1, 0.15) is 25.7 Å². The summed E-state index contributed by atoms with van der Waals surface area (Å²) in [7, 11) is 0. The minimum atomic E-state index is -1.21. The fraction of sp³-hybridized carbons (Fsp3) is 0.900. The van der Waals surface area contributed by atoms with E-state index in [2.05, 4.69) is 0 Å². The van der Waals surface area contributed by atoms with E-state index in [0.717, 1.165) is 19.3 Å². The van der Waals surface area contributed by atoms with Crippen LogP contribution in [0.4, 0.5) is 0 Å². The molecule has 0 aliphatic carbocycles. The van der Waals surface area contributed by atoms with Crippen molar-refractivity contribution in [2.24, 2.45) is 5.73 Å². The smallest absolute Gasteiger partial charge is 0.305 e. The van der Waals surface area contributed by atoms with Gasteiger partial charge in [0.1, 0.15) is 0 Å². The molecule has 0 radical (unpaired) electrons. The second-order valence-electron chi connectivity index (χ2n) is 3.87. The van der Waals surface area contributed by atoms with Crippen LogP contribution in [0.25, 0.3) is 0 Å². The highest BCUT2D eigenvalue weighted by molar-refractivity contribution is 5.69. The van der Waals surface area contributed by atoms with Gasteiger partial charge in [0.15, 0.2) is 0 Å². The molecule has 1 aliphatic heterocycles. The maximum Gasteiger partial charge on any atom is 0.305 e. The third-order valence-corrected chi connectivity index (χ3v) is 2.23. The molecule has 96 valence electrons. The Hall–Kier alpha value is -0.690. The van der Waals surface area contributed by atoms with Crippen LogP contribution in [0.15, 0.2) is 0 Å². The number of rotatable bonds is 3. The molecule has 5 N–H and O–H groups in total. The molecule has 1 saturated heterocycles. The Balaban J connectivity index is 0.000000281. The molecular formula is C10H21NO5. The normalized spacial score (nSPS) is 16.9. The van der Waals surface area contributed by atoms with E-state index < -0.39 is 25.4 Å². The topological polar surface area (TPSA) is 113 Å². The minimum absolute atomic E-state index is 0.0255. The van der Waals surface area contributed by atoms with Crippen molar-refractivity contribution in [3.63, 3.8) is 0 Å². The number of cyclic esters (lactones) is 1. The number of carbonyl (C=O) groups excluding carboxylic acids is 1. The van der Waals surface area contributed by atoms with Crippen molar-refractivity contribution in [1.82, 2.24) is 0 Å². The van der Waals surface area contributed by atoms with Crippen molar-refractivity contribution >= 4 is 5.97 Å². The van der Waals surface area contributed by atoms with Gasteiger partial charge < -0.3 is 25.8 Å². The lowest BCUT2D eigenvalue weighted by atomic mass is 10.1. The summed E-state index contributed by atoms with van der Waals surface area (Å²) in [6.07, 6.45) is 3.83. The van der Waals surface area contributed by atoms with Crippen LogP contribution in [0, 0.1) is 0 Å². The third kappa shape index (κ3) is 6.73. The molecule has 0 atom stereocenters. The Morgan fingerprint density at radius 3 is 2.12 bits per heavy atom. The van der Waals surface area contributed by atoms with Crippen LogP contribution in [0.5, 0.6) is 0 Å². The quantitative estimate of drug-likeness (QED) is 0.455. The van der Waals surface area contributed by atoms with E-state index >= 15 is 0 Å². The van der Waals surface area contributed by atoms with Crippen molar-refractivity contribution < 1.29 is 24.9 Å². The Kier molecular flexibility index (Phi) is 8.10. The van der Waals surface area contributed by atoms with E-state index in [4.69, 9.17) is 25.8 Å². The fourth-order valence-electron chi connectivity index (χ4n) is 0.956. The first kappa shape index (κ1) is 15.3. The van der Waals surface area contributed by atoms with Crippen molar-refractivity contribution in [3.8, 4) is 0 Å². The lowest BCUT2D eigenvalue weighted by Crippen LogP contribution is -2.50. The lowest BCUT2D eigenvalue weighted by molar-refractivity contribution is -0.142. The number of hydrogen-bond acceptors (Lipinski definition) is 6. The van der Waals surface area contributed by atoms with Crippen LogP contribution in [-0.4, -0.2) is 53.3 Å². The molecule has 6 nitrogen and oxygen atoms in total. The van der Waals surface area contributed by atoms with Crippen LogP contribution < -0.4 is 5.73 Å². The maximum atomic E-state index is 10.5. The largest absolute Gasteiger partial charge is 0.466 e. The van der Waals surface area contributed by atoms with Gasteiger partial charge in [-0.1, -0.05) is 0 Å². The van der Waals surface area contributed by atoms with Gasteiger partial charge in [-0.2, -0.15) is 0 Å². The van der Waals surface area contributed by atoms with E-state index in [-0.39, 0.29) is 5.97 Å². The van der Waals surface area contributed by atoms with Crippen LogP contribution in [-0.2, 0) is 9.53 Å². The summed E-state index contributed by atoms with van der Waals surface area (Å²) in [5.41, 5.74) is 3.94.